The Morgan fingerprint density at radius 3 is 1.55 bits per heavy atom. The van der Waals surface area contributed by atoms with Crippen molar-refractivity contribution in [3.05, 3.63) is 164 Å². The Hall–Kier alpha value is -5.97. The standard InChI is InChI=1S/C43H27N3S/c1-3-10-28(11-4-1)31-18-19-33-26-36(21-20-32(33)24-31)43-45-41(29-12-5-2-6-13-29)44-42(46-43)35-15-9-14-30(25-35)34-22-23-38-37-16-7-8-17-39(37)47-40(38)27-34/h1-27H. The van der Waals surface area contributed by atoms with Crippen LogP contribution in [-0.2, 0) is 0 Å². The molecule has 0 aliphatic heterocycles. The molecule has 9 aromatic rings. The van der Waals surface area contributed by atoms with Gasteiger partial charge in [0.2, 0.25) is 0 Å². The Morgan fingerprint density at radius 2 is 0.787 bits per heavy atom. The SMILES string of the molecule is c1ccc(-c2ccc3cc(-c4nc(-c5ccccc5)nc(-c5cccc(-c6ccc7c(c6)sc6ccccc67)c5)n4)ccc3c2)cc1. The Balaban J connectivity index is 1.14. The van der Waals surface area contributed by atoms with Crippen LogP contribution in [0.1, 0.15) is 0 Å². The third kappa shape index (κ3) is 5.15. The van der Waals surface area contributed by atoms with Crippen molar-refractivity contribution in [3.8, 4) is 56.4 Å². The highest BCUT2D eigenvalue weighted by Gasteiger charge is 2.14. The molecule has 9 rings (SSSR count). The Morgan fingerprint density at radius 1 is 0.298 bits per heavy atom. The van der Waals surface area contributed by atoms with E-state index >= 15 is 0 Å². The zero-order chi connectivity index (χ0) is 31.2. The van der Waals surface area contributed by atoms with Gasteiger partial charge in [-0.15, -0.1) is 11.3 Å². The first kappa shape index (κ1) is 27.3. The highest BCUT2D eigenvalue weighted by atomic mass is 32.1. The van der Waals surface area contributed by atoms with Gasteiger partial charge < -0.3 is 0 Å². The molecule has 4 heteroatoms. The van der Waals surface area contributed by atoms with Crippen LogP contribution in [0.3, 0.4) is 0 Å². The smallest absolute Gasteiger partial charge is 0.164 e. The molecule has 0 unspecified atom stereocenters. The van der Waals surface area contributed by atoms with Crippen LogP contribution in [-0.4, -0.2) is 15.0 Å². The van der Waals surface area contributed by atoms with Gasteiger partial charge in [0.15, 0.2) is 17.5 Å². The molecule has 0 saturated carbocycles. The molecule has 0 radical (unpaired) electrons. The number of benzene rings is 7. The van der Waals surface area contributed by atoms with Gasteiger partial charge in [-0.2, -0.15) is 0 Å². The van der Waals surface area contributed by atoms with Crippen molar-refractivity contribution in [2.75, 3.05) is 0 Å². The fourth-order valence-electron chi connectivity index (χ4n) is 6.29. The van der Waals surface area contributed by atoms with Crippen LogP contribution in [0.25, 0.3) is 87.4 Å². The van der Waals surface area contributed by atoms with Crippen LogP contribution in [0.4, 0.5) is 0 Å². The number of fused-ring (bicyclic) bond motifs is 4. The van der Waals surface area contributed by atoms with Crippen molar-refractivity contribution in [2.45, 2.75) is 0 Å². The molecule has 0 aliphatic rings. The van der Waals surface area contributed by atoms with Crippen LogP contribution in [0.5, 0.6) is 0 Å². The quantitative estimate of drug-likeness (QED) is 0.193. The lowest BCUT2D eigenvalue weighted by atomic mass is 9.99. The lowest BCUT2D eigenvalue weighted by Gasteiger charge is -2.11. The normalized spacial score (nSPS) is 11.4. The predicted octanol–water partition coefficient (Wildman–Crippen LogP) is 11.7. The molecule has 0 N–H and O–H groups in total. The maximum Gasteiger partial charge on any atom is 0.164 e. The summed E-state index contributed by atoms with van der Waals surface area (Å²) < 4.78 is 2.60. The van der Waals surface area contributed by atoms with E-state index in [1.54, 1.807) is 0 Å². The summed E-state index contributed by atoms with van der Waals surface area (Å²) in [6, 6.07) is 57.6. The molecular formula is C43H27N3S. The minimum Gasteiger partial charge on any atom is -0.208 e. The molecule has 2 heterocycles. The van der Waals surface area contributed by atoms with Gasteiger partial charge in [-0.05, 0) is 63.4 Å². The molecule has 0 atom stereocenters. The molecular weight excluding hydrogens is 591 g/mol. The minimum absolute atomic E-state index is 0.651. The summed E-state index contributed by atoms with van der Waals surface area (Å²) in [6.07, 6.45) is 0. The summed E-state index contributed by atoms with van der Waals surface area (Å²) in [4.78, 5) is 15.1. The van der Waals surface area contributed by atoms with Gasteiger partial charge in [0.25, 0.3) is 0 Å². The average molecular weight is 618 g/mol. The van der Waals surface area contributed by atoms with Gasteiger partial charge in [-0.1, -0.05) is 133 Å². The Bertz CT molecular complexity index is 2570. The molecule has 2 aromatic heterocycles. The zero-order valence-corrected chi connectivity index (χ0v) is 26.2. The molecule has 7 aromatic carbocycles. The van der Waals surface area contributed by atoms with Crippen molar-refractivity contribution in [1.29, 1.82) is 0 Å². The first-order valence-corrected chi connectivity index (χ1v) is 16.5. The van der Waals surface area contributed by atoms with E-state index in [2.05, 4.69) is 127 Å². The van der Waals surface area contributed by atoms with Crippen molar-refractivity contribution >= 4 is 42.3 Å². The van der Waals surface area contributed by atoms with E-state index in [0.717, 1.165) is 27.6 Å². The Kier molecular flexibility index (Phi) is 6.65. The molecule has 0 saturated heterocycles. The fourth-order valence-corrected chi connectivity index (χ4v) is 7.43. The maximum atomic E-state index is 5.06. The second-order valence-electron chi connectivity index (χ2n) is 11.7. The van der Waals surface area contributed by atoms with E-state index in [-0.39, 0.29) is 0 Å². The predicted molar refractivity (Wildman–Crippen MR) is 197 cm³/mol. The summed E-state index contributed by atoms with van der Waals surface area (Å²) in [5.74, 6) is 1.96. The number of aromatic nitrogens is 3. The van der Waals surface area contributed by atoms with Crippen molar-refractivity contribution in [3.63, 3.8) is 0 Å². The fraction of sp³-hybridized carbons (Fsp3) is 0. The van der Waals surface area contributed by atoms with E-state index in [1.165, 1.54) is 42.2 Å². The van der Waals surface area contributed by atoms with E-state index < -0.39 is 0 Å². The third-order valence-corrected chi connectivity index (χ3v) is 9.84. The van der Waals surface area contributed by atoms with Gasteiger partial charge in [0, 0.05) is 36.9 Å². The number of thiophene rings is 1. The summed E-state index contributed by atoms with van der Waals surface area (Å²) >= 11 is 1.84. The van der Waals surface area contributed by atoms with Crippen LogP contribution >= 0.6 is 11.3 Å². The Labute approximate surface area is 276 Å². The first-order chi connectivity index (χ1) is 23.2. The monoisotopic (exact) mass is 617 g/mol. The van der Waals surface area contributed by atoms with Crippen LogP contribution in [0.2, 0.25) is 0 Å². The third-order valence-electron chi connectivity index (χ3n) is 8.71. The molecule has 0 amide bonds. The first-order valence-electron chi connectivity index (χ1n) is 15.7. The van der Waals surface area contributed by atoms with E-state index in [0.29, 0.717) is 17.5 Å². The second-order valence-corrected chi connectivity index (χ2v) is 12.8. The molecule has 47 heavy (non-hydrogen) atoms. The zero-order valence-electron chi connectivity index (χ0n) is 25.3. The molecule has 0 aliphatic carbocycles. The van der Waals surface area contributed by atoms with Gasteiger partial charge in [0.1, 0.15) is 0 Å². The lowest BCUT2D eigenvalue weighted by molar-refractivity contribution is 1.07. The van der Waals surface area contributed by atoms with Crippen LogP contribution in [0.15, 0.2) is 164 Å². The van der Waals surface area contributed by atoms with Gasteiger partial charge in [-0.3, -0.25) is 0 Å². The summed E-state index contributed by atoms with van der Waals surface area (Å²) in [5.41, 5.74) is 7.57. The van der Waals surface area contributed by atoms with Gasteiger partial charge in [-0.25, -0.2) is 15.0 Å². The highest BCUT2D eigenvalue weighted by molar-refractivity contribution is 7.25. The van der Waals surface area contributed by atoms with Crippen molar-refractivity contribution in [2.24, 2.45) is 0 Å². The summed E-state index contributed by atoms with van der Waals surface area (Å²) in [6.45, 7) is 0. The number of hydrogen-bond acceptors (Lipinski definition) is 4. The topological polar surface area (TPSA) is 38.7 Å². The average Bonchev–Trinajstić information content (AvgIpc) is 3.53. The highest BCUT2D eigenvalue weighted by Crippen LogP contribution is 2.37. The molecule has 0 fully saturated rings. The molecule has 0 spiro atoms. The molecule has 0 bridgehead atoms. The van der Waals surface area contributed by atoms with Crippen LogP contribution in [0, 0.1) is 0 Å². The number of nitrogens with zero attached hydrogens (tertiary/aromatic N) is 3. The van der Waals surface area contributed by atoms with Crippen molar-refractivity contribution in [1.82, 2.24) is 15.0 Å². The largest absolute Gasteiger partial charge is 0.208 e. The van der Waals surface area contributed by atoms with Gasteiger partial charge >= 0.3 is 0 Å². The van der Waals surface area contributed by atoms with E-state index in [1.807, 2.05) is 47.7 Å². The lowest BCUT2D eigenvalue weighted by Crippen LogP contribution is -2.00. The van der Waals surface area contributed by atoms with Crippen molar-refractivity contribution < 1.29 is 0 Å². The second kappa shape index (κ2) is 11.4. The molecule has 220 valence electrons. The minimum atomic E-state index is 0.651. The number of hydrogen-bond donors (Lipinski definition) is 0. The molecule has 3 nitrogen and oxygen atoms in total. The van der Waals surface area contributed by atoms with E-state index in [4.69, 9.17) is 15.0 Å². The summed E-state index contributed by atoms with van der Waals surface area (Å²) in [5, 5.41) is 4.93. The van der Waals surface area contributed by atoms with Crippen LogP contribution < -0.4 is 0 Å². The van der Waals surface area contributed by atoms with Gasteiger partial charge in [0.05, 0.1) is 0 Å². The number of rotatable bonds is 5. The van der Waals surface area contributed by atoms with E-state index in [9.17, 15) is 0 Å². The summed E-state index contributed by atoms with van der Waals surface area (Å²) in [7, 11) is 0. The maximum absolute atomic E-state index is 5.06.